The Kier molecular flexibility index (Phi) is 5.25. The Morgan fingerprint density at radius 3 is 2.47 bits per heavy atom. The zero-order valence-corrected chi connectivity index (χ0v) is 19.0. The molecule has 4 aromatic rings. The van der Waals surface area contributed by atoms with Crippen molar-refractivity contribution >= 4 is 16.9 Å². The third-order valence-electron chi connectivity index (χ3n) is 7.12. The molecule has 168 valence electrons. The predicted molar refractivity (Wildman–Crippen MR) is 125 cm³/mol. The number of hydrogen-bond donors (Lipinski definition) is 1. The SMILES string of the molecule is Cc1c(C)n2c3c(=O)[nH]c(=O)n(C)c3nc2n1CCN1CCC(Cc2ccccc2)CC1. The van der Waals surface area contributed by atoms with Crippen LogP contribution < -0.4 is 11.2 Å². The van der Waals surface area contributed by atoms with E-state index in [-0.39, 0.29) is 0 Å². The Labute approximate surface area is 186 Å². The summed E-state index contributed by atoms with van der Waals surface area (Å²) in [5.74, 6) is 1.47. The van der Waals surface area contributed by atoms with Crippen molar-refractivity contribution in [3.63, 3.8) is 0 Å². The van der Waals surface area contributed by atoms with E-state index >= 15 is 0 Å². The van der Waals surface area contributed by atoms with Gasteiger partial charge in [-0.1, -0.05) is 30.3 Å². The van der Waals surface area contributed by atoms with Gasteiger partial charge in [0.05, 0.1) is 0 Å². The average Bonchev–Trinajstić information content (AvgIpc) is 3.29. The summed E-state index contributed by atoms with van der Waals surface area (Å²) in [5, 5.41) is 0. The lowest BCUT2D eigenvalue weighted by Crippen LogP contribution is -2.36. The first kappa shape index (κ1) is 20.8. The number of piperidine rings is 1. The molecule has 8 nitrogen and oxygen atoms in total. The highest BCUT2D eigenvalue weighted by Gasteiger charge is 2.22. The molecule has 4 heterocycles. The van der Waals surface area contributed by atoms with Crippen LogP contribution in [0, 0.1) is 19.8 Å². The molecule has 0 unspecified atom stereocenters. The number of nitrogens with zero attached hydrogens (tertiary/aromatic N) is 5. The number of hydrogen-bond acceptors (Lipinski definition) is 4. The number of imidazole rings is 2. The van der Waals surface area contributed by atoms with Gasteiger partial charge in [0.15, 0.2) is 11.2 Å². The predicted octanol–water partition coefficient (Wildman–Crippen LogP) is 2.25. The van der Waals surface area contributed by atoms with Crippen LogP contribution in [0.1, 0.15) is 29.8 Å². The Balaban J connectivity index is 1.33. The van der Waals surface area contributed by atoms with Gasteiger partial charge in [-0.3, -0.25) is 18.7 Å². The maximum Gasteiger partial charge on any atom is 0.329 e. The molecule has 1 aromatic carbocycles. The zero-order valence-electron chi connectivity index (χ0n) is 19.0. The Bertz CT molecular complexity index is 1380. The highest BCUT2D eigenvalue weighted by atomic mass is 16.2. The third kappa shape index (κ3) is 3.48. The van der Waals surface area contributed by atoms with Crippen LogP contribution >= 0.6 is 0 Å². The fraction of sp³-hybridized carbons (Fsp3) is 0.458. The van der Waals surface area contributed by atoms with Crippen molar-refractivity contribution in [2.75, 3.05) is 19.6 Å². The van der Waals surface area contributed by atoms with Crippen LogP contribution in [0.15, 0.2) is 39.9 Å². The molecule has 0 aliphatic carbocycles. The number of fused-ring (bicyclic) bond motifs is 3. The van der Waals surface area contributed by atoms with Crippen LogP contribution in [0.2, 0.25) is 0 Å². The smallest absolute Gasteiger partial charge is 0.313 e. The van der Waals surface area contributed by atoms with Crippen molar-refractivity contribution in [3.05, 3.63) is 68.1 Å². The second-order valence-electron chi connectivity index (χ2n) is 9.03. The maximum atomic E-state index is 12.5. The summed E-state index contributed by atoms with van der Waals surface area (Å²) in [5.41, 5.74) is 3.53. The van der Waals surface area contributed by atoms with Crippen molar-refractivity contribution in [1.82, 2.24) is 28.4 Å². The Morgan fingerprint density at radius 2 is 1.75 bits per heavy atom. The standard InChI is InChI=1S/C24H30N6O2/c1-16-17(2)30-20-21(27(3)24(32)26-22(20)31)25-23(30)29(16)14-13-28-11-9-19(10-12-28)15-18-7-5-4-6-8-18/h4-8,19H,9-15H2,1-3H3,(H,26,31,32). The number of nitrogens with one attached hydrogen (secondary N) is 1. The minimum absolute atomic E-state index is 0.392. The van der Waals surface area contributed by atoms with Crippen molar-refractivity contribution in [2.24, 2.45) is 13.0 Å². The molecular formula is C24H30N6O2. The molecule has 0 spiro atoms. The van der Waals surface area contributed by atoms with Crippen LogP contribution in [0.4, 0.5) is 0 Å². The van der Waals surface area contributed by atoms with E-state index in [9.17, 15) is 9.59 Å². The fourth-order valence-electron chi connectivity index (χ4n) is 5.05. The van der Waals surface area contributed by atoms with Gasteiger partial charge in [-0.25, -0.2) is 4.79 Å². The van der Waals surface area contributed by atoms with E-state index in [0.29, 0.717) is 11.2 Å². The molecule has 0 radical (unpaired) electrons. The summed E-state index contributed by atoms with van der Waals surface area (Å²) in [6.07, 6.45) is 3.61. The van der Waals surface area contributed by atoms with Gasteiger partial charge < -0.3 is 9.47 Å². The molecule has 32 heavy (non-hydrogen) atoms. The molecule has 0 amide bonds. The second kappa shape index (κ2) is 8.09. The van der Waals surface area contributed by atoms with E-state index in [1.807, 2.05) is 11.3 Å². The van der Waals surface area contributed by atoms with Gasteiger partial charge >= 0.3 is 5.69 Å². The molecule has 0 bridgehead atoms. The topological polar surface area (TPSA) is 80.3 Å². The first-order valence-corrected chi connectivity index (χ1v) is 11.4. The molecule has 1 fully saturated rings. The second-order valence-corrected chi connectivity index (χ2v) is 9.03. The maximum absolute atomic E-state index is 12.5. The number of aromatic amines is 1. The molecule has 1 aliphatic heterocycles. The lowest BCUT2D eigenvalue weighted by Gasteiger charge is -2.32. The average molecular weight is 435 g/mol. The molecule has 0 atom stereocenters. The van der Waals surface area contributed by atoms with E-state index in [1.54, 1.807) is 7.05 Å². The minimum Gasteiger partial charge on any atom is -0.313 e. The molecule has 8 heteroatoms. The van der Waals surface area contributed by atoms with E-state index < -0.39 is 11.2 Å². The van der Waals surface area contributed by atoms with Crippen LogP contribution in [0.5, 0.6) is 0 Å². The van der Waals surface area contributed by atoms with Gasteiger partial charge in [0.1, 0.15) is 0 Å². The zero-order chi connectivity index (χ0) is 22.4. The summed E-state index contributed by atoms with van der Waals surface area (Å²) in [4.78, 5) is 34.1. The highest BCUT2D eigenvalue weighted by Crippen LogP contribution is 2.23. The number of likely N-dealkylation sites (tertiary alicyclic amines) is 1. The number of benzene rings is 1. The van der Waals surface area contributed by atoms with Crippen LogP contribution in [0.3, 0.4) is 0 Å². The summed E-state index contributed by atoms with van der Waals surface area (Å²) in [6, 6.07) is 10.8. The third-order valence-corrected chi connectivity index (χ3v) is 7.12. The number of H-pyrrole nitrogens is 1. The monoisotopic (exact) mass is 434 g/mol. The van der Waals surface area contributed by atoms with Gasteiger partial charge in [-0.2, -0.15) is 4.98 Å². The largest absolute Gasteiger partial charge is 0.329 e. The van der Waals surface area contributed by atoms with Gasteiger partial charge in [-0.05, 0) is 57.7 Å². The number of aromatic nitrogens is 5. The lowest BCUT2D eigenvalue weighted by molar-refractivity contribution is 0.178. The summed E-state index contributed by atoms with van der Waals surface area (Å²) >= 11 is 0. The molecule has 0 saturated carbocycles. The van der Waals surface area contributed by atoms with E-state index in [4.69, 9.17) is 4.98 Å². The van der Waals surface area contributed by atoms with Crippen LogP contribution in [-0.4, -0.2) is 48.0 Å². The fourth-order valence-corrected chi connectivity index (χ4v) is 5.05. The quantitative estimate of drug-likeness (QED) is 0.523. The summed E-state index contributed by atoms with van der Waals surface area (Å²) in [6.45, 7) is 8.04. The van der Waals surface area contributed by atoms with Gasteiger partial charge in [-0.15, -0.1) is 0 Å². The molecule has 1 saturated heterocycles. The first-order valence-electron chi connectivity index (χ1n) is 11.4. The van der Waals surface area contributed by atoms with E-state index in [2.05, 4.69) is 51.7 Å². The van der Waals surface area contributed by atoms with E-state index in [0.717, 1.165) is 49.3 Å². The van der Waals surface area contributed by atoms with Gasteiger partial charge in [0.25, 0.3) is 5.56 Å². The lowest BCUT2D eigenvalue weighted by atomic mass is 9.90. The van der Waals surface area contributed by atoms with Crippen molar-refractivity contribution in [1.29, 1.82) is 0 Å². The summed E-state index contributed by atoms with van der Waals surface area (Å²) < 4.78 is 5.46. The van der Waals surface area contributed by atoms with Crippen molar-refractivity contribution in [2.45, 2.75) is 39.7 Å². The van der Waals surface area contributed by atoms with Crippen molar-refractivity contribution in [3.8, 4) is 0 Å². The van der Waals surface area contributed by atoms with Gasteiger partial charge in [0, 0.05) is 31.5 Å². The Morgan fingerprint density at radius 1 is 1.03 bits per heavy atom. The van der Waals surface area contributed by atoms with Crippen LogP contribution in [0.25, 0.3) is 16.9 Å². The van der Waals surface area contributed by atoms with E-state index in [1.165, 1.54) is 29.4 Å². The molecule has 3 aromatic heterocycles. The normalized spacial score (nSPS) is 15.8. The molecular weight excluding hydrogens is 404 g/mol. The Hall–Kier alpha value is -3.13. The number of aryl methyl sites for hydroxylation is 2. The highest BCUT2D eigenvalue weighted by molar-refractivity contribution is 5.76. The summed E-state index contributed by atoms with van der Waals surface area (Å²) in [7, 11) is 1.64. The van der Waals surface area contributed by atoms with Crippen LogP contribution in [-0.2, 0) is 20.0 Å². The minimum atomic E-state index is -0.442. The van der Waals surface area contributed by atoms with Crippen molar-refractivity contribution < 1.29 is 0 Å². The molecule has 1 aliphatic rings. The first-order chi connectivity index (χ1) is 15.4. The van der Waals surface area contributed by atoms with Gasteiger partial charge in [0.2, 0.25) is 5.78 Å². The number of rotatable bonds is 5. The molecule has 5 rings (SSSR count). The molecule has 1 N–H and O–H groups in total.